The number of hydrogen-bond acceptors (Lipinski definition) is 0. The largest absolute Gasteiger partial charge is 0.168 e. The summed E-state index contributed by atoms with van der Waals surface area (Å²) in [5.74, 6) is 0. The molecule has 0 aliphatic heterocycles. The SMILES string of the molecule is Br.Br.Br.Cc1ccc2[cH-]ccc2c1C.[Ti]. The first kappa shape index (κ1) is 21.3. The van der Waals surface area contributed by atoms with E-state index in [4.69, 9.17) is 0 Å². The maximum atomic E-state index is 2.18. The van der Waals surface area contributed by atoms with Crippen LogP contribution in [0, 0.1) is 13.8 Å². The summed E-state index contributed by atoms with van der Waals surface area (Å²) < 4.78 is 0. The van der Waals surface area contributed by atoms with Crippen molar-refractivity contribution in [1.29, 1.82) is 0 Å². The topological polar surface area (TPSA) is 0 Å². The van der Waals surface area contributed by atoms with Gasteiger partial charge in [-0.1, -0.05) is 11.1 Å². The van der Waals surface area contributed by atoms with Crippen LogP contribution >= 0.6 is 50.9 Å². The number of fused-ring (bicyclic) bond motifs is 1. The van der Waals surface area contributed by atoms with E-state index in [0.29, 0.717) is 0 Å². The molecule has 15 heavy (non-hydrogen) atoms. The molecule has 2 aromatic rings. The van der Waals surface area contributed by atoms with E-state index < -0.39 is 0 Å². The van der Waals surface area contributed by atoms with E-state index in [9.17, 15) is 0 Å². The van der Waals surface area contributed by atoms with E-state index in [0.717, 1.165) is 0 Å². The van der Waals surface area contributed by atoms with Crippen molar-refractivity contribution in [3.63, 3.8) is 0 Å². The Morgan fingerprint density at radius 1 is 0.933 bits per heavy atom. The molecule has 0 atom stereocenters. The van der Waals surface area contributed by atoms with E-state index in [-0.39, 0.29) is 72.7 Å². The van der Waals surface area contributed by atoms with Gasteiger partial charge in [0.1, 0.15) is 0 Å². The summed E-state index contributed by atoms with van der Waals surface area (Å²) in [4.78, 5) is 0. The van der Waals surface area contributed by atoms with E-state index >= 15 is 0 Å². The van der Waals surface area contributed by atoms with Crippen molar-refractivity contribution in [2.75, 3.05) is 0 Å². The standard InChI is InChI=1S/C11H11.3BrH.Ti/c1-8-6-7-10-4-3-5-11(10)9(8)2;;;;/h3-7H,1-2H3;3*1H;/q-1;;;;. The number of hydrogen-bond donors (Lipinski definition) is 0. The Morgan fingerprint density at radius 3 is 2.13 bits per heavy atom. The van der Waals surface area contributed by atoms with Gasteiger partial charge in [-0.2, -0.15) is 12.1 Å². The van der Waals surface area contributed by atoms with Gasteiger partial charge >= 0.3 is 0 Å². The van der Waals surface area contributed by atoms with Gasteiger partial charge in [-0.05, 0) is 13.8 Å². The van der Waals surface area contributed by atoms with Gasteiger partial charge in [0.25, 0.3) is 0 Å². The maximum absolute atomic E-state index is 2.18. The van der Waals surface area contributed by atoms with Gasteiger partial charge in [-0.15, -0.1) is 79.9 Å². The second-order valence-corrected chi connectivity index (χ2v) is 3.04. The molecule has 0 N–H and O–H groups in total. The Labute approximate surface area is 137 Å². The Morgan fingerprint density at radius 2 is 1.53 bits per heavy atom. The molecular formula is C11H14Br3Ti-. The van der Waals surface area contributed by atoms with Crippen LogP contribution in [-0.4, -0.2) is 0 Å². The van der Waals surface area contributed by atoms with Crippen molar-refractivity contribution in [2.24, 2.45) is 0 Å². The van der Waals surface area contributed by atoms with Crippen LogP contribution in [0.2, 0.25) is 0 Å². The number of benzene rings is 1. The molecule has 0 aliphatic carbocycles. The third-order valence-corrected chi connectivity index (χ3v) is 2.36. The molecule has 0 unspecified atom stereocenters. The molecule has 0 radical (unpaired) electrons. The Bertz CT molecular complexity index is 396. The molecule has 0 bridgehead atoms. The van der Waals surface area contributed by atoms with E-state index in [2.05, 4.69) is 44.2 Å². The summed E-state index contributed by atoms with van der Waals surface area (Å²) in [6.07, 6.45) is 0. The summed E-state index contributed by atoms with van der Waals surface area (Å²) in [5.41, 5.74) is 2.79. The molecule has 0 heterocycles. The zero-order valence-electron chi connectivity index (χ0n) is 8.61. The first-order valence-electron chi connectivity index (χ1n) is 3.90. The van der Waals surface area contributed by atoms with Gasteiger partial charge in [0.05, 0.1) is 0 Å². The molecule has 84 valence electrons. The van der Waals surface area contributed by atoms with Crippen molar-refractivity contribution in [3.05, 3.63) is 41.5 Å². The first-order chi connectivity index (χ1) is 5.29. The number of aryl methyl sites for hydroxylation is 2. The Hall–Kier alpha value is 0.984. The van der Waals surface area contributed by atoms with Crippen LogP contribution in [0.3, 0.4) is 0 Å². The maximum Gasteiger partial charge on any atom is 0 e. The third kappa shape index (κ3) is 4.39. The smallest absolute Gasteiger partial charge is 0 e. The predicted octanol–water partition coefficient (Wildman–Crippen LogP) is 4.91. The Kier molecular flexibility index (Phi) is 12.9. The predicted molar refractivity (Wildman–Crippen MR) is 80.0 cm³/mol. The second kappa shape index (κ2) is 9.06. The van der Waals surface area contributed by atoms with Gasteiger partial charge in [0.2, 0.25) is 0 Å². The minimum Gasteiger partial charge on any atom is -0.168 e. The molecule has 4 heteroatoms. The van der Waals surface area contributed by atoms with E-state index in [1.807, 2.05) is 0 Å². The summed E-state index contributed by atoms with van der Waals surface area (Å²) in [5, 5.41) is 2.75. The van der Waals surface area contributed by atoms with Crippen LogP contribution in [0.5, 0.6) is 0 Å². The zero-order chi connectivity index (χ0) is 7.84. The fourth-order valence-electron chi connectivity index (χ4n) is 1.47. The van der Waals surface area contributed by atoms with Gasteiger partial charge in [-0.3, -0.25) is 0 Å². The summed E-state index contributed by atoms with van der Waals surface area (Å²) >= 11 is 0. The molecular weight excluding hydrogens is 420 g/mol. The Balaban J connectivity index is -0.000000360. The third-order valence-electron chi connectivity index (χ3n) is 2.36. The normalized spacial score (nSPS) is 7.87. The van der Waals surface area contributed by atoms with Crippen LogP contribution in [0.15, 0.2) is 30.3 Å². The molecule has 2 rings (SSSR count). The average Bonchev–Trinajstić information content (AvgIpc) is 2.45. The van der Waals surface area contributed by atoms with Gasteiger partial charge in [-0.25, -0.2) is 0 Å². The summed E-state index contributed by atoms with van der Waals surface area (Å²) in [6.45, 7) is 4.33. The fraction of sp³-hybridized carbons (Fsp3) is 0.182. The quantitative estimate of drug-likeness (QED) is 0.409. The van der Waals surface area contributed by atoms with Gasteiger partial charge in [0, 0.05) is 21.7 Å². The molecule has 0 saturated heterocycles. The summed E-state index contributed by atoms with van der Waals surface area (Å²) in [7, 11) is 0. The zero-order valence-corrected chi connectivity index (χ0v) is 15.3. The van der Waals surface area contributed by atoms with Crippen molar-refractivity contribution < 1.29 is 21.7 Å². The second-order valence-electron chi connectivity index (χ2n) is 3.04. The van der Waals surface area contributed by atoms with Crippen LogP contribution in [0.4, 0.5) is 0 Å². The fourth-order valence-corrected chi connectivity index (χ4v) is 1.47. The van der Waals surface area contributed by atoms with Crippen LogP contribution < -0.4 is 0 Å². The molecule has 0 fully saturated rings. The van der Waals surface area contributed by atoms with Crippen LogP contribution in [0.25, 0.3) is 10.8 Å². The van der Waals surface area contributed by atoms with Crippen LogP contribution in [-0.2, 0) is 21.7 Å². The van der Waals surface area contributed by atoms with Gasteiger partial charge in [0.15, 0.2) is 0 Å². The van der Waals surface area contributed by atoms with Crippen molar-refractivity contribution in [2.45, 2.75) is 13.8 Å². The molecule has 0 aromatic heterocycles. The molecule has 0 spiro atoms. The minimum absolute atomic E-state index is 0. The van der Waals surface area contributed by atoms with Crippen molar-refractivity contribution in [1.82, 2.24) is 0 Å². The molecule has 2 aromatic carbocycles. The van der Waals surface area contributed by atoms with Gasteiger partial charge < -0.3 is 0 Å². The average molecular weight is 434 g/mol. The minimum atomic E-state index is 0. The molecule has 0 nitrogen and oxygen atoms in total. The van der Waals surface area contributed by atoms with E-state index in [1.165, 1.54) is 21.9 Å². The van der Waals surface area contributed by atoms with E-state index in [1.54, 1.807) is 0 Å². The first-order valence-corrected chi connectivity index (χ1v) is 3.90. The molecule has 0 saturated carbocycles. The number of rotatable bonds is 0. The monoisotopic (exact) mass is 431 g/mol. The molecule has 0 amide bonds. The van der Waals surface area contributed by atoms with Crippen molar-refractivity contribution >= 4 is 61.7 Å². The molecule has 0 aliphatic rings. The summed E-state index contributed by atoms with van der Waals surface area (Å²) in [6, 6.07) is 10.8. The van der Waals surface area contributed by atoms with Crippen LogP contribution in [0.1, 0.15) is 11.1 Å². The van der Waals surface area contributed by atoms with Crippen molar-refractivity contribution in [3.8, 4) is 0 Å². The number of halogens is 3.